The Morgan fingerprint density at radius 2 is 1.95 bits per heavy atom. The van der Waals surface area contributed by atoms with Crippen molar-refractivity contribution in [3.05, 3.63) is 0 Å². The van der Waals surface area contributed by atoms with Crippen molar-refractivity contribution in [3.8, 4) is 0 Å². The van der Waals surface area contributed by atoms with Gasteiger partial charge < -0.3 is 10.6 Å². The minimum absolute atomic E-state index is 0. The van der Waals surface area contributed by atoms with Gasteiger partial charge in [0.1, 0.15) is 0 Å². The second-order valence-corrected chi connectivity index (χ2v) is 5.85. The van der Waals surface area contributed by atoms with Crippen molar-refractivity contribution in [1.29, 1.82) is 0 Å². The lowest BCUT2D eigenvalue weighted by Gasteiger charge is -2.32. The van der Waals surface area contributed by atoms with Crippen LogP contribution in [0.2, 0.25) is 0 Å². The van der Waals surface area contributed by atoms with E-state index in [0.717, 1.165) is 19.6 Å². The molecule has 5 heteroatoms. The summed E-state index contributed by atoms with van der Waals surface area (Å²) in [5, 5.41) is 6.42. The van der Waals surface area contributed by atoms with Gasteiger partial charge >= 0.3 is 0 Å². The van der Waals surface area contributed by atoms with Crippen molar-refractivity contribution >= 4 is 18.3 Å². The van der Waals surface area contributed by atoms with Gasteiger partial charge in [-0.2, -0.15) is 0 Å². The lowest BCUT2D eigenvalue weighted by atomic mass is 9.98. The van der Waals surface area contributed by atoms with E-state index in [2.05, 4.69) is 15.5 Å². The molecule has 4 nitrogen and oxygen atoms in total. The second-order valence-electron chi connectivity index (χ2n) is 5.85. The van der Waals surface area contributed by atoms with Crippen molar-refractivity contribution in [2.45, 2.75) is 44.6 Å². The van der Waals surface area contributed by atoms with Gasteiger partial charge in [-0.25, -0.2) is 0 Å². The van der Waals surface area contributed by atoms with Gasteiger partial charge in [0.05, 0.1) is 6.54 Å². The fourth-order valence-corrected chi connectivity index (χ4v) is 3.30. The van der Waals surface area contributed by atoms with Crippen molar-refractivity contribution < 1.29 is 4.79 Å². The predicted octanol–water partition coefficient (Wildman–Crippen LogP) is 1.40. The normalized spacial score (nSPS) is 25.0. The van der Waals surface area contributed by atoms with Gasteiger partial charge in [0, 0.05) is 12.6 Å². The molecule has 0 spiro atoms. The number of nitrogens with zero attached hydrogens (tertiary/aromatic N) is 1. The summed E-state index contributed by atoms with van der Waals surface area (Å²) < 4.78 is 0. The topological polar surface area (TPSA) is 44.4 Å². The highest BCUT2D eigenvalue weighted by Crippen LogP contribution is 2.18. The molecule has 0 radical (unpaired) electrons. The maximum atomic E-state index is 12.0. The predicted molar refractivity (Wildman–Crippen MR) is 80.7 cm³/mol. The van der Waals surface area contributed by atoms with Crippen LogP contribution in [0.4, 0.5) is 0 Å². The third kappa shape index (κ3) is 5.67. The minimum atomic E-state index is 0. The van der Waals surface area contributed by atoms with Crippen LogP contribution in [-0.4, -0.2) is 50.1 Å². The van der Waals surface area contributed by atoms with Gasteiger partial charge in [-0.3, -0.25) is 9.69 Å². The lowest BCUT2D eigenvalue weighted by molar-refractivity contribution is -0.123. The number of hydrogen-bond donors (Lipinski definition) is 2. The molecule has 2 aliphatic rings. The Bertz CT molecular complexity index is 267. The number of carbonyl (C=O) groups is 1. The molecule has 0 bridgehead atoms. The van der Waals surface area contributed by atoms with Crippen LogP contribution >= 0.6 is 12.4 Å². The van der Waals surface area contributed by atoms with Crippen LogP contribution in [-0.2, 0) is 4.79 Å². The fourth-order valence-electron chi connectivity index (χ4n) is 3.30. The van der Waals surface area contributed by atoms with Gasteiger partial charge in [-0.15, -0.1) is 12.4 Å². The summed E-state index contributed by atoms with van der Waals surface area (Å²) in [6, 6.07) is 0.454. The van der Waals surface area contributed by atoms with Crippen molar-refractivity contribution in [3.63, 3.8) is 0 Å². The van der Waals surface area contributed by atoms with Crippen LogP contribution < -0.4 is 10.6 Å². The Labute approximate surface area is 123 Å². The van der Waals surface area contributed by atoms with Gasteiger partial charge in [0.2, 0.25) is 5.91 Å². The molecule has 112 valence electrons. The number of nitrogens with one attached hydrogen (secondary N) is 2. The number of likely N-dealkylation sites (tertiary alicyclic amines) is 1. The molecular weight excluding hydrogens is 262 g/mol. The van der Waals surface area contributed by atoms with Crippen molar-refractivity contribution in [2.24, 2.45) is 5.92 Å². The number of rotatable bonds is 5. The molecule has 1 saturated carbocycles. The first-order valence-electron chi connectivity index (χ1n) is 7.44. The lowest BCUT2D eigenvalue weighted by Crippen LogP contribution is -2.46. The number of hydrogen-bond acceptors (Lipinski definition) is 3. The largest absolute Gasteiger partial charge is 0.352 e. The minimum Gasteiger partial charge on any atom is -0.352 e. The van der Waals surface area contributed by atoms with E-state index >= 15 is 0 Å². The van der Waals surface area contributed by atoms with E-state index in [9.17, 15) is 4.79 Å². The molecule has 19 heavy (non-hydrogen) atoms. The average molecular weight is 290 g/mol. The summed E-state index contributed by atoms with van der Waals surface area (Å²) in [4.78, 5) is 14.3. The van der Waals surface area contributed by atoms with E-state index in [4.69, 9.17) is 0 Å². The molecular formula is C14H28ClN3O. The first-order chi connectivity index (χ1) is 8.78. The SMILES string of the molecule is CNCC1CCCN(CC(=O)NC2CCCC2)C1.Cl. The van der Waals surface area contributed by atoms with E-state index in [1.54, 1.807) is 0 Å². The molecule has 1 aliphatic carbocycles. The third-order valence-corrected chi connectivity index (χ3v) is 4.18. The number of carbonyl (C=O) groups excluding carboxylic acids is 1. The summed E-state index contributed by atoms with van der Waals surface area (Å²) in [5.74, 6) is 0.940. The zero-order valence-electron chi connectivity index (χ0n) is 12.0. The highest BCUT2D eigenvalue weighted by Gasteiger charge is 2.22. The summed E-state index contributed by atoms with van der Waals surface area (Å²) >= 11 is 0. The van der Waals surface area contributed by atoms with E-state index < -0.39 is 0 Å². The summed E-state index contributed by atoms with van der Waals surface area (Å²) in [6.45, 7) is 3.81. The van der Waals surface area contributed by atoms with E-state index in [1.807, 2.05) is 7.05 Å². The second kappa shape index (κ2) is 8.77. The Hall–Kier alpha value is -0.320. The number of piperidine rings is 1. The van der Waals surface area contributed by atoms with Crippen LogP contribution in [0.15, 0.2) is 0 Å². The summed E-state index contributed by atoms with van der Waals surface area (Å²) in [6.07, 6.45) is 7.42. The molecule has 0 aromatic rings. The molecule has 1 unspecified atom stereocenters. The Kier molecular flexibility index (Phi) is 7.73. The molecule has 2 fully saturated rings. The van der Waals surface area contributed by atoms with Gasteiger partial charge in [-0.1, -0.05) is 12.8 Å². The molecule has 0 aromatic carbocycles. The Morgan fingerprint density at radius 1 is 1.21 bits per heavy atom. The van der Waals surface area contributed by atoms with Crippen molar-refractivity contribution in [2.75, 3.05) is 33.2 Å². The quantitative estimate of drug-likeness (QED) is 0.804. The maximum absolute atomic E-state index is 12.0. The standard InChI is InChI=1S/C14H27N3O.ClH/c1-15-9-12-5-4-8-17(10-12)11-14(18)16-13-6-2-3-7-13;/h12-13,15H,2-11H2,1H3,(H,16,18);1H. The summed E-state index contributed by atoms with van der Waals surface area (Å²) in [7, 11) is 2.01. The zero-order valence-corrected chi connectivity index (χ0v) is 12.8. The smallest absolute Gasteiger partial charge is 0.234 e. The average Bonchev–Trinajstić information content (AvgIpc) is 2.82. The van der Waals surface area contributed by atoms with Gasteiger partial charge in [0.15, 0.2) is 0 Å². The van der Waals surface area contributed by atoms with Gasteiger partial charge in [-0.05, 0) is 51.7 Å². The monoisotopic (exact) mass is 289 g/mol. The molecule has 1 aliphatic heterocycles. The van der Waals surface area contributed by atoms with E-state index in [-0.39, 0.29) is 18.3 Å². The molecule has 1 saturated heterocycles. The zero-order chi connectivity index (χ0) is 12.8. The first kappa shape index (κ1) is 16.7. The van der Waals surface area contributed by atoms with Crippen LogP contribution in [0.1, 0.15) is 38.5 Å². The van der Waals surface area contributed by atoms with Crippen LogP contribution in [0.3, 0.4) is 0 Å². The van der Waals surface area contributed by atoms with Crippen molar-refractivity contribution in [1.82, 2.24) is 15.5 Å². The molecule has 1 atom stereocenters. The van der Waals surface area contributed by atoms with Crippen LogP contribution in [0.25, 0.3) is 0 Å². The van der Waals surface area contributed by atoms with Crippen LogP contribution in [0.5, 0.6) is 0 Å². The Balaban J connectivity index is 0.00000180. The molecule has 1 amide bonds. The van der Waals surface area contributed by atoms with E-state index in [1.165, 1.54) is 38.5 Å². The number of amides is 1. The first-order valence-corrected chi connectivity index (χ1v) is 7.44. The van der Waals surface area contributed by atoms with E-state index in [0.29, 0.717) is 18.5 Å². The summed E-state index contributed by atoms with van der Waals surface area (Å²) in [5.41, 5.74) is 0. The molecule has 0 aromatic heterocycles. The maximum Gasteiger partial charge on any atom is 0.234 e. The third-order valence-electron chi connectivity index (χ3n) is 4.18. The van der Waals surface area contributed by atoms with Gasteiger partial charge in [0.25, 0.3) is 0 Å². The number of halogens is 1. The molecule has 2 N–H and O–H groups in total. The highest BCUT2D eigenvalue weighted by atomic mass is 35.5. The fraction of sp³-hybridized carbons (Fsp3) is 0.929. The van der Waals surface area contributed by atoms with Crippen LogP contribution in [0, 0.1) is 5.92 Å². The molecule has 2 rings (SSSR count). The molecule has 1 heterocycles. The highest BCUT2D eigenvalue weighted by molar-refractivity contribution is 5.85. The Morgan fingerprint density at radius 3 is 2.63 bits per heavy atom.